The molecule has 0 aliphatic rings. The molecule has 1 aromatic heterocycles. The highest BCUT2D eigenvalue weighted by Gasteiger charge is 2.27. The Morgan fingerprint density at radius 1 is 1.10 bits per heavy atom. The topological polar surface area (TPSA) is 42.2 Å². The van der Waals surface area contributed by atoms with Crippen molar-refractivity contribution in [2.24, 2.45) is 0 Å². The van der Waals surface area contributed by atoms with Crippen LogP contribution in [0.2, 0.25) is 0 Å². The summed E-state index contributed by atoms with van der Waals surface area (Å²) in [6.45, 7) is -1.31. The van der Waals surface area contributed by atoms with Crippen molar-refractivity contribution in [1.82, 2.24) is 5.32 Å². The van der Waals surface area contributed by atoms with Gasteiger partial charge in [-0.05, 0) is 12.1 Å². The Hall–Kier alpha value is -2.24. The highest BCUT2D eigenvalue weighted by Crippen LogP contribution is 2.22. The van der Waals surface area contributed by atoms with Gasteiger partial charge in [0.15, 0.2) is 0 Å². The van der Waals surface area contributed by atoms with Crippen LogP contribution in [0, 0.1) is 0 Å². The summed E-state index contributed by atoms with van der Waals surface area (Å²) in [4.78, 5) is 11.3. The number of furan rings is 1. The average molecular weight is 297 g/mol. The molecule has 0 bridgehead atoms. The number of hydrogen-bond acceptors (Lipinski definition) is 2. The van der Waals surface area contributed by atoms with E-state index in [-0.39, 0.29) is 12.8 Å². The largest absolute Gasteiger partial charge is 0.461 e. The van der Waals surface area contributed by atoms with Crippen LogP contribution >= 0.6 is 0 Å². The first kappa shape index (κ1) is 15.2. The minimum Gasteiger partial charge on any atom is -0.461 e. The van der Waals surface area contributed by atoms with Crippen molar-refractivity contribution in [3.63, 3.8) is 0 Å². The molecule has 3 nitrogen and oxygen atoms in total. The molecule has 0 unspecified atom stereocenters. The van der Waals surface area contributed by atoms with Crippen molar-refractivity contribution in [1.29, 1.82) is 0 Å². The standard InChI is InChI=1S/C15H14F3NO2/c16-15(17,18)10-19-14(20)9-7-12-6-8-13(21-12)11-4-2-1-3-5-11/h1-6,8H,7,9-10H2,(H,19,20). The van der Waals surface area contributed by atoms with Crippen LogP contribution in [0.5, 0.6) is 0 Å². The normalized spacial score (nSPS) is 11.4. The molecule has 1 N–H and O–H groups in total. The fourth-order valence-electron chi connectivity index (χ4n) is 1.79. The third kappa shape index (κ3) is 4.98. The van der Waals surface area contributed by atoms with E-state index in [4.69, 9.17) is 4.42 Å². The lowest BCUT2D eigenvalue weighted by Gasteiger charge is -2.07. The number of rotatable bonds is 5. The van der Waals surface area contributed by atoms with Crippen molar-refractivity contribution >= 4 is 5.91 Å². The van der Waals surface area contributed by atoms with E-state index in [1.165, 1.54) is 0 Å². The van der Waals surface area contributed by atoms with E-state index in [1.54, 1.807) is 12.1 Å². The van der Waals surface area contributed by atoms with Crippen molar-refractivity contribution in [3.05, 3.63) is 48.2 Å². The highest BCUT2D eigenvalue weighted by molar-refractivity contribution is 5.76. The summed E-state index contributed by atoms with van der Waals surface area (Å²) in [6.07, 6.45) is -4.17. The van der Waals surface area contributed by atoms with Crippen LogP contribution < -0.4 is 5.32 Å². The molecular weight excluding hydrogens is 283 g/mol. The SMILES string of the molecule is O=C(CCc1ccc(-c2ccccc2)o1)NCC(F)(F)F. The molecule has 0 aliphatic carbocycles. The van der Waals surface area contributed by atoms with E-state index in [1.807, 2.05) is 35.6 Å². The van der Waals surface area contributed by atoms with Crippen LogP contribution in [0.25, 0.3) is 11.3 Å². The van der Waals surface area contributed by atoms with Gasteiger partial charge in [-0.25, -0.2) is 0 Å². The number of hydrogen-bond donors (Lipinski definition) is 1. The molecule has 0 saturated heterocycles. The van der Waals surface area contributed by atoms with Gasteiger partial charge in [0.05, 0.1) is 0 Å². The molecule has 0 radical (unpaired) electrons. The molecule has 2 aromatic rings. The van der Waals surface area contributed by atoms with E-state index in [0.29, 0.717) is 11.5 Å². The van der Waals surface area contributed by atoms with Gasteiger partial charge in [-0.3, -0.25) is 4.79 Å². The minimum atomic E-state index is -4.39. The quantitative estimate of drug-likeness (QED) is 0.917. The third-order valence-electron chi connectivity index (χ3n) is 2.80. The third-order valence-corrected chi connectivity index (χ3v) is 2.80. The molecule has 6 heteroatoms. The number of alkyl halides is 3. The first-order chi connectivity index (χ1) is 9.94. The average Bonchev–Trinajstić information content (AvgIpc) is 2.92. The summed E-state index contributed by atoms with van der Waals surface area (Å²) >= 11 is 0. The lowest BCUT2D eigenvalue weighted by atomic mass is 10.2. The van der Waals surface area contributed by atoms with Crippen molar-refractivity contribution in [2.75, 3.05) is 6.54 Å². The van der Waals surface area contributed by atoms with E-state index in [2.05, 4.69) is 0 Å². The Bertz CT molecular complexity index is 590. The Morgan fingerprint density at radius 2 is 1.81 bits per heavy atom. The van der Waals surface area contributed by atoms with Crippen molar-refractivity contribution < 1.29 is 22.4 Å². The van der Waals surface area contributed by atoms with E-state index >= 15 is 0 Å². The molecule has 1 amide bonds. The van der Waals surface area contributed by atoms with Crippen molar-refractivity contribution in [3.8, 4) is 11.3 Å². The predicted molar refractivity (Wildman–Crippen MR) is 71.5 cm³/mol. The zero-order chi connectivity index (χ0) is 15.3. The van der Waals surface area contributed by atoms with Gasteiger partial charge >= 0.3 is 6.18 Å². The summed E-state index contributed by atoms with van der Waals surface area (Å²) in [6, 6.07) is 12.9. The van der Waals surface area contributed by atoms with Gasteiger partial charge in [-0.15, -0.1) is 0 Å². The molecule has 2 rings (SSSR count). The van der Waals surface area contributed by atoms with Crippen LogP contribution in [-0.4, -0.2) is 18.6 Å². The zero-order valence-electron chi connectivity index (χ0n) is 11.1. The molecule has 1 heterocycles. The summed E-state index contributed by atoms with van der Waals surface area (Å²) in [7, 11) is 0. The molecule has 112 valence electrons. The molecule has 21 heavy (non-hydrogen) atoms. The lowest BCUT2D eigenvalue weighted by Crippen LogP contribution is -2.33. The molecule has 0 atom stereocenters. The van der Waals surface area contributed by atoms with Gasteiger partial charge < -0.3 is 9.73 Å². The molecule has 0 aliphatic heterocycles. The molecule has 0 fully saturated rings. The van der Waals surface area contributed by atoms with Crippen LogP contribution in [0.4, 0.5) is 13.2 Å². The second kappa shape index (κ2) is 6.47. The molecule has 0 saturated carbocycles. The van der Waals surface area contributed by atoms with E-state index in [0.717, 1.165) is 5.56 Å². The van der Waals surface area contributed by atoms with Gasteiger partial charge in [-0.1, -0.05) is 30.3 Å². The second-order valence-corrected chi connectivity index (χ2v) is 4.52. The van der Waals surface area contributed by atoms with Crippen molar-refractivity contribution in [2.45, 2.75) is 19.0 Å². The first-order valence-corrected chi connectivity index (χ1v) is 6.41. The van der Waals surface area contributed by atoms with Crippen LogP contribution in [0.15, 0.2) is 46.9 Å². The van der Waals surface area contributed by atoms with E-state index < -0.39 is 18.6 Å². The van der Waals surface area contributed by atoms with E-state index in [9.17, 15) is 18.0 Å². The lowest BCUT2D eigenvalue weighted by molar-refractivity contribution is -0.138. The maximum atomic E-state index is 11.9. The fraction of sp³-hybridized carbons (Fsp3) is 0.267. The monoisotopic (exact) mass is 297 g/mol. The van der Waals surface area contributed by atoms with Crippen LogP contribution in [0.1, 0.15) is 12.2 Å². The number of carbonyl (C=O) groups is 1. The van der Waals surface area contributed by atoms with Crippen LogP contribution in [-0.2, 0) is 11.2 Å². The summed E-state index contributed by atoms with van der Waals surface area (Å²) in [5, 5.41) is 1.83. The summed E-state index contributed by atoms with van der Waals surface area (Å²) in [5.41, 5.74) is 0.908. The maximum absolute atomic E-state index is 11.9. The number of amides is 1. The number of aryl methyl sites for hydroxylation is 1. The van der Waals surface area contributed by atoms with Gasteiger partial charge in [0.2, 0.25) is 5.91 Å². The Morgan fingerprint density at radius 3 is 2.48 bits per heavy atom. The zero-order valence-corrected chi connectivity index (χ0v) is 11.1. The Labute approximate surface area is 119 Å². The first-order valence-electron chi connectivity index (χ1n) is 6.41. The molecule has 1 aromatic carbocycles. The second-order valence-electron chi connectivity index (χ2n) is 4.52. The minimum absolute atomic E-state index is 0.0438. The predicted octanol–water partition coefficient (Wildman–Crippen LogP) is 3.56. The summed E-state index contributed by atoms with van der Waals surface area (Å²) < 4.78 is 41.4. The van der Waals surface area contributed by atoms with Gasteiger partial charge in [0.1, 0.15) is 18.1 Å². The maximum Gasteiger partial charge on any atom is 0.405 e. The molecular formula is C15H14F3NO2. The smallest absolute Gasteiger partial charge is 0.405 e. The number of nitrogens with one attached hydrogen (secondary N) is 1. The van der Waals surface area contributed by atoms with Gasteiger partial charge in [-0.2, -0.15) is 13.2 Å². The number of carbonyl (C=O) groups excluding carboxylic acids is 1. The fourth-order valence-corrected chi connectivity index (χ4v) is 1.79. The summed E-state index contributed by atoms with van der Waals surface area (Å²) in [5.74, 6) is 0.585. The van der Waals surface area contributed by atoms with Gasteiger partial charge in [0, 0.05) is 18.4 Å². The number of benzene rings is 1. The highest BCUT2D eigenvalue weighted by atomic mass is 19.4. The Balaban J connectivity index is 1.85. The molecule has 0 spiro atoms. The number of halogens is 3. The Kier molecular flexibility index (Phi) is 4.67. The van der Waals surface area contributed by atoms with Crippen LogP contribution in [0.3, 0.4) is 0 Å². The van der Waals surface area contributed by atoms with Gasteiger partial charge in [0.25, 0.3) is 0 Å².